The second-order valence-corrected chi connectivity index (χ2v) is 8.51. The van der Waals surface area contributed by atoms with Gasteiger partial charge in [-0.05, 0) is 49.4 Å². The van der Waals surface area contributed by atoms with Crippen LogP contribution in [0.15, 0.2) is 54.6 Å². The number of carbonyl (C=O) groups is 1. The average molecular weight is 432 g/mol. The van der Waals surface area contributed by atoms with E-state index in [1.54, 1.807) is 18.2 Å². The Labute approximate surface area is 180 Å². The molecule has 1 atom stereocenters. The number of piperidine rings is 1. The molecule has 0 radical (unpaired) electrons. The molecular formula is C24H27F3N2O2. The van der Waals surface area contributed by atoms with Crippen molar-refractivity contribution in [2.24, 2.45) is 0 Å². The van der Waals surface area contributed by atoms with Crippen molar-refractivity contribution in [3.63, 3.8) is 0 Å². The molecule has 166 valence electrons. The van der Waals surface area contributed by atoms with Gasteiger partial charge in [0, 0.05) is 31.7 Å². The van der Waals surface area contributed by atoms with Gasteiger partial charge in [0.25, 0.3) is 5.91 Å². The zero-order valence-electron chi connectivity index (χ0n) is 17.3. The number of hydrogen-bond donors (Lipinski definition) is 1. The Kier molecular flexibility index (Phi) is 6.34. The number of alkyl halides is 3. The highest BCUT2D eigenvalue weighted by atomic mass is 19.4. The summed E-state index contributed by atoms with van der Waals surface area (Å²) in [7, 11) is 0. The lowest BCUT2D eigenvalue weighted by Gasteiger charge is -2.39. The molecule has 4 rings (SSSR count). The van der Waals surface area contributed by atoms with Crippen molar-refractivity contribution in [1.29, 1.82) is 0 Å². The first-order chi connectivity index (χ1) is 14.8. The molecular weight excluding hydrogens is 405 g/mol. The summed E-state index contributed by atoms with van der Waals surface area (Å²) < 4.78 is 45.2. The van der Waals surface area contributed by atoms with Crippen molar-refractivity contribution < 1.29 is 22.7 Å². The van der Waals surface area contributed by atoms with Gasteiger partial charge in [-0.3, -0.25) is 9.69 Å². The number of likely N-dealkylation sites (tertiary alicyclic amines) is 1. The van der Waals surface area contributed by atoms with Crippen LogP contribution in [-0.4, -0.2) is 42.1 Å². The van der Waals surface area contributed by atoms with Gasteiger partial charge >= 0.3 is 6.18 Å². The molecule has 0 aliphatic carbocycles. The first kappa shape index (κ1) is 21.8. The van der Waals surface area contributed by atoms with Gasteiger partial charge in [-0.2, -0.15) is 13.2 Å². The number of halogens is 3. The number of ether oxygens (including phenoxy) is 1. The van der Waals surface area contributed by atoms with E-state index in [4.69, 9.17) is 4.74 Å². The third kappa shape index (κ3) is 5.46. The van der Waals surface area contributed by atoms with Crippen LogP contribution in [0.2, 0.25) is 0 Å². The minimum Gasteiger partial charge on any atom is -0.370 e. The van der Waals surface area contributed by atoms with Crippen LogP contribution >= 0.6 is 0 Å². The molecule has 2 aliphatic heterocycles. The number of carbonyl (C=O) groups excluding carboxylic acids is 1. The second-order valence-electron chi connectivity index (χ2n) is 8.51. The van der Waals surface area contributed by atoms with E-state index >= 15 is 0 Å². The topological polar surface area (TPSA) is 41.6 Å². The van der Waals surface area contributed by atoms with E-state index in [1.807, 2.05) is 18.2 Å². The largest absolute Gasteiger partial charge is 0.416 e. The Morgan fingerprint density at radius 2 is 1.81 bits per heavy atom. The lowest BCUT2D eigenvalue weighted by molar-refractivity contribution is -0.137. The van der Waals surface area contributed by atoms with Crippen LogP contribution in [0.3, 0.4) is 0 Å². The molecule has 2 aromatic carbocycles. The van der Waals surface area contributed by atoms with E-state index in [9.17, 15) is 18.0 Å². The van der Waals surface area contributed by atoms with Crippen LogP contribution in [0.1, 0.15) is 47.2 Å². The fraction of sp³-hybridized carbons (Fsp3) is 0.458. The van der Waals surface area contributed by atoms with Crippen molar-refractivity contribution >= 4 is 5.91 Å². The van der Waals surface area contributed by atoms with E-state index in [1.165, 1.54) is 12.1 Å². The van der Waals surface area contributed by atoms with Gasteiger partial charge in [-0.25, -0.2) is 0 Å². The third-order valence-corrected chi connectivity index (χ3v) is 6.29. The monoisotopic (exact) mass is 432 g/mol. The molecule has 2 heterocycles. The molecule has 0 unspecified atom stereocenters. The summed E-state index contributed by atoms with van der Waals surface area (Å²) in [4.78, 5) is 14.4. The van der Waals surface area contributed by atoms with Crippen molar-refractivity contribution in [2.45, 2.75) is 50.1 Å². The quantitative estimate of drug-likeness (QED) is 0.748. The Hall–Kier alpha value is -2.38. The maximum Gasteiger partial charge on any atom is 0.416 e. The molecule has 31 heavy (non-hydrogen) atoms. The Morgan fingerprint density at radius 1 is 1.06 bits per heavy atom. The summed E-state index contributed by atoms with van der Waals surface area (Å²) in [5.74, 6) is -0.0962. The summed E-state index contributed by atoms with van der Waals surface area (Å²) in [5.41, 5.74) is 0.544. The van der Waals surface area contributed by atoms with Gasteiger partial charge in [-0.1, -0.05) is 36.4 Å². The lowest BCUT2D eigenvalue weighted by atomic mass is 9.88. The number of benzene rings is 2. The maximum atomic E-state index is 12.9. The standard InChI is InChI=1S/C24H27F3N2O2/c25-24(26,27)20-8-4-5-18(15-20)17-29-13-11-23(12-14-29)10-9-21(31-23)16-28-22(30)19-6-2-1-3-7-19/h1-8,15,21H,9-14,16-17H2,(H,28,30)/t21-/m1/s1. The normalized spacial score (nSPS) is 21.3. The van der Waals surface area contributed by atoms with Gasteiger partial charge in [0.05, 0.1) is 17.3 Å². The van der Waals surface area contributed by atoms with Crippen molar-refractivity contribution in [2.75, 3.05) is 19.6 Å². The van der Waals surface area contributed by atoms with Crippen LogP contribution in [0, 0.1) is 0 Å². The molecule has 1 spiro atoms. The summed E-state index contributed by atoms with van der Waals surface area (Å²) in [6, 6.07) is 14.7. The molecule has 2 saturated heterocycles. The lowest BCUT2D eigenvalue weighted by Crippen LogP contribution is -2.44. The average Bonchev–Trinajstić information content (AvgIpc) is 3.17. The van der Waals surface area contributed by atoms with Crippen molar-refractivity contribution in [3.8, 4) is 0 Å². The van der Waals surface area contributed by atoms with E-state index in [2.05, 4.69) is 10.2 Å². The minimum atomic E-state index is -4.31. The first-order valence-electron chi connectivity index (χ1n) is 10.7. The molecule has 2 aliphatic rings. The zero-order valence-corrected chi connectivity index (χ0v) is 17.3. The summed E-state index contributed by atoms with van der Waals surface area (Å²) in [6.07, 6.45) is -0.740. The van der Waals surface area contributed by atoms with Gasteiger partial charge in [-0.15, -0.1) is 0 Å². The molecule has 0 aromatic heterocycles. The number of hydrogen-bond acceptors (Lipinski definition) is 3. The number of amides is 1. The molecule has 7 heteroatoms. The highest BCUT2D eigenvalue weighted by Gasteiger charge is 2.42. The molecule has 2 aromatic rings. The Morgan fingerprint density at radius 3 is 2.52 bits per heavy atom. The van der Waals surface area contributed by atoms with E-state index in [-0.39, 0.29) is 17.6 Å². The predicted molar refractivity (Wildman–Crippen MR) is 112 cm³/mol. The minimum absolute atomic E-state index is 0.00248. The molecule has 1 N–H and O–H groups in total. The smallest absolute Gasteiger partial charge is 0.370 e. The van der Waals surface area contributed by atoms with E-state index in [0.29, 0.717) is 24.2 Å². The maximum absolute atomic E-state index is 12.9. The number of nitrogens with one attached hydrogen (secondary N) is 1. The first-order valence-corrected chi connectivity index (χ1v) is 10.7. The number of nitrogens with zero attached hydrogens (tertiary/aromatic N) is 1. The summed E-state index contributed by atoms with van der Waals surface area (Å²) in [5, 5.41) is 2.96. The fourth-order valence-corrected chi connectivity index (χ4v) is 4.53. The van der Waals surface area contributed by atoms with E-state index < -0.39 is 11.7 Å². The summed E-state index contributed by atoms with van der Waals surface area (Å²) >= 11 is 0. The van der Waals surface area contributed by atoms with Crippen molar-refractivity contribution in [1.82, 2.24) is 10.2 Å². The molecule has 1 amide bonds. The summed E-state index contributed by atoms with van der Waals surface area (Å²) in [6.45, 7) is 2.58. The van der Waals surface area contributed by atoms with Gasteiger partial charge in [0.15, 0.2) is 0 Å². The number of rotatable bonds is 5. The highest BCUT2D eigenvalue weighted by Crippen LogP contribution is 2.39. The van der Waals surface area contributed by atoms with Crippen LogP contribution in [0.5, 0.6) is 0 Å². The van der Waals surface area contributed by atoms with Gasteiger partial charge in [0.2, 0.25) is 0 Å². The zero-order chi connectivity index (χ0) is 21.9. The molecule has 0 saturated carbocycles. The van der Waals surface area contributed by atoms with Gasteiger partial charge < -0.3 is 10.1 Å². The molecule has 0 bridgehead atoms. The van der Waals surface area contributed by atoms with Crippen molar-refractivity contribution in [3.05, 3.63) is 71.3 Å². The highest BCUT2D eigenvalue weighted by molar-refractivity contribution is 5.94. The van der Waals surface area contributed by atoms with Crippen LogP contribution < -0.4 is 5.32 Å². The Balaban J connectivity index is 1.25. The van der Waals surface area contributed by atoms with E-state index in [0.717, 1.165) is 44.8 Å². The van der Waals surface area contributed by atoms with Crippen LogP contribution in [0.4, 0.5) is 13.2 Å². The predicted octanol–water partition coefficient (Wildman–Crippen LogP) is 4.65. The Bertz CT molecular complexity index is 893. The van der Waals surface area contributed by atoms with Crippen LogP contribution in [-0.2, 0) is 17.5 Å². The SMILES string of the molecule is O=C(NC[C@H]1CCC2(CCN(Cc3cccc(C(F)(F)F)c3)CC2)O1)c1ccccc1. The molecule has 4 nitrogen and oxygen atoms in total. The second kappa shape index (κ2) is 9.01. The van der Waals surface area contributed by atoms with Crippen LogP contribution in [0.25, 0.3) is 0 Å². The van der Waals surface area contributed by atoms with Gasteiger partial charge in [0.1, 0.15) is 0 Å². The third-order valence-electron chi connectivity index (χ3n) is 6.29. The fourth-order valence-electron chi connectivity index (χ4n) is 4.53. The molecule has 2 fully saturated rings.